The van der Waals surface area contributed by atoms with Gasteiger partial charge in [-0.15, -0.1) is 0 Å². The Bertz CT molecular complexity index is 995. The topological polar surface area (TPSA) is 63.6 Å². The molecule has 0 aromatic heterocycles. The number of allylic oxidation sites excluding steroid dienone is 1. The van der Waals surface area contributed by atoms with Crippen LogP contribution in [0.3, 0.4) is 0 Å². The van der Waals surface area contributed by atoms with Crippen molar-refractivity contribution in [3.05, 3.63) is 47.5 Å². The van der Waals surface area contributed by atoms with Gasteiger partial charge in [0.15, 0.2) is 5.78 Å². The highest BCUT2D eigenvalue weighted by Gasteiger charge is 2.64. The normalized spacial score (nSPS) is 38.3. The highest BCUT2D eigenvalue weighted by Crippen LogP contribution is 2.69. The summed E-state index contributed by atoms with van der Waals surface area (Å²) >= 11 is 0. The van der Waals surface area contributed by atoms with E-state index in [9.17, 15) is 14.7 Å². The summed E-state index contributed by atoms with van der Waals surface area (Å²) in [5, 5.41) is 11.3. The van der Waals surface area contributed by atoms with Gasteiger partial charge in [0.25, 0.3) is 0 Å². The number of benzene rings is 1. The van der Waals surface area contributed by atoms with Crippen LogP contribution in [0.15, 0.2) is 42.0 Å². The van der Waals surface area contributed by atoms with Gasteiger partial charge in [0, 0.05) is 13.3 Å². The van der Waals surface area contributed by atoms with Gasteiger partial charge in [-0.3, -0.25) is 9.59 Å². The van der Waals surface area contributed by atoms with Gasteiger partial charge < -0.3 is 9.84 Å². The maximum atomic E-state index is 12.4. The summed E-state index contributed by atoms with van der Waals surface area (Å²) in [6.45, 7) is 8.34. The standard InChI is InChI=1S/C30H42O2.C3H6O2/c1-28-16-13-24(31)20-23(28)19-22(12-8-7-11-21-9-5-4-6-10-21)27-25(28)14-17-29(2)26(27)15-18-30(29,3)32;1-3(4)5-2/h4-6,9-10,20,22,25-27,32H,7-8,11-19H2,1-3H3;1-2H3/t22-,25?,26?,27?,28+,29+,30+;/m1./s1. The van der Waals surface area contributed by atoms with Crippen LogP contribution in [0, 0.1) is 34.5 Å². The van der Waals surface area contributed by atoms with Crippen LogP contribution >= 0.6 is 0 Å². The van der Waals surface area contributed by atoms with E-state index in [2.05, 4.69) is 61.9 Å². The number of hydrogen-bond acceptors (Lipinski definition) is 4. The fraction of sp³-hybridized carbons (Fsp3) is 0.697. The van der Waals surface area contributed by atoms with Crippen LogP contribution in [-0.4, -0.2) is 29.6 Å². The summed E-state index contributed by atoms with van der Waals surface area (Å²) in [7, 11) is 1.35. The Balaban J connectivity index is 0.000000586. The second-order valence-corrected chi connectivity index (χ2v) is 13.0. The Morgan fingerprint density at radius 1 is 1.03 bits per heavy atom. The van der Waals surface area contributed by atoms with E-state index in [-0.39, 0.29) is 16.8 Å². The predicted molar refractivity (Wildman–Crippen MR) is 148 cm³/mol. The molecule has 1 aromatic carbocycles. The molecule has 0 heterocycles. The molecule has 3 saturated carbocycles. The van der Waals surface area contributed by atoms with Crippen molar-refractivity contribution >= 4 is 11.8 Å². The van der Waals surface area contributed by atoms with Crippen molar-refractivity contribution in [3.63, 3.8) is 0 Å². The minimum absolute atomic E-state index is 0.0541. The number of aliphatic hydroxyl groups is 1. The summed E-state index contributed by atoms with van der Waals surface area (Å²) in [6.07, 6.45) is 14.4. The number of rotatable bonds is 5. The van der Waals surface area contributed by atoms with E-state index in [0.29, 0.717) is 29.5 Å². The van der Waals surface area contributed by atoms with Crippen molar-refractivity contribution in [3.8, 4) is 0 Å². The largest absolute Gasteiger partial charge is 0.469 e. The zero-order chi connectivity index (χ0) is 26.8. The zero-order valence-electron chi connectivity index (χ0n) is 23.7. The molecule has 4 heteroatoms. The lowest BCUT2D eigenvalue weighted by Crippen LogP contribution is -2.56. The van der Waals surface area contributed by atoms with E-state index in [4.69, 9.17) is 0 Å². The molecule has 4 aliphatic carbocycles. The lowest BCUT2D eigenvalue weighted by atomic mass is 9.44. The van der Waals surface area contributed by atoms with Gasteiger partial charge >= 0.3 is 5.97 Å². The van der Waals surface area contributed by atoms with Crippen molar-refractivity contribution in [1.82, 2.24) is 0 Å². The predicted octanol–water partition coefficient (Wildman–Crippen LogP) is 7.09. The van der Waals surface area contributed by atoms with Crippen molar-refractivity contribution in [2.75, 3.05) is 7.11 Å². The molecular weight excluding hydrogens is 460 g/mol. The fourth-order valence-electron chi connectivity index (χ4n) is 8.62. The molecule has 1 aromatic rings. The first-order valence-electron chi connectivity index (χ1n) is 14.6. The number of methoxy groups -OCH3 is 1. The molecule has 3 unspecified atom stereocenters. The van der Waals surface area contributed by atoms with Crippen LogP contribution in [0.2, 0.25) is 0 Å². The lowest BCUT2D eigenvalue weighted by molar-refractivity contribution is -0.138. The Labute approximate surface area is 224 Å². The third-order valence-corrected chi connectivity index (χ3v) is 11.1. The van der Waals surface area contributed by atoms with Gasteiger partial charge in [-0.05, 0) is 111 Å². The average molecular weight is 509 g/mol. The van der Waals surface area contributed by atoms with Crippen LogP contribution in [0.5, 0.6) is 0 Å². The van der Waals surface area contributed by atoms with E-state index < -0.39 is 5.60 Å². The lowest BCUT2D eigenvalue weighted by Gasteiger charge is -2.61. The third-order valence-electron chi connectivity index (χ3n) is 11.1. The number of carbonyl (C=O) groups is 2. The molecule has 37 heavy (non-hydrogen) atoms. The second-order valence-electron chi connectivity index (χ2n) is 13.0. The summed E-state index contributed by atoms with van der Waals surface area (Å²) < 4.78 is 4.11. The van der Waals surface area contributed by atoms with Crippen LogP contribution in [0.1, 0.15) is 97.5 Å². The number of fused-ring (bicyclic) bond motifs is 5. The number of ketones is 1. The first-order chi connectivity index (χ1) is 17.5. The summed E-state index contributed by atoms with van der Waals surface area (Å²) in [5.41, 5.74) is 2.64. The third kappa shape index (κ3) is 5.46. The van der Waals surface area contributed by atoms with Crippen LogP contribution in [0.25, 0.3) is 0 Å². The summed E-state index contributed by atoms with van der Waals surface area (Å²) in [5.74, 6) is 2.79. The maximum Gasteiger partial charge on any atom is 0.302 e. The van der Waals surface area contributed by atoms with Gasteiger partial charge in [-0.25, -0.2) is 0 Å². The molecule has 3 fully saturated rings. The molecule has 1 N–H and O–H groups in total. The SMILES string of the molecule is COC(C)=O.C[C@]12CCC(=O)C=C1C[C@@H](CCCCc1ccccc1)C1C2CC[C@@]2(C)C1CC[C@]2(C)O. The molecule has 4 aliphatic rings. The highest BCUT2D eigenvalue weighted by atomic mass is 16.5. The second kappa shape index (κ2) is 11.0. The number of unbranched alkanes of at least 4 members (excludes halogenated alkanes) is 1. The average Bonchev–Trinajstić information content (AvgIpc) is 3.12. The van der Waals surface area contributed by atoms with E-state index in [1.54, 1.807) is 0 Å². The minimum atomic E-state index is -0.528. The molecular formula is C33H48O4. The Hall–Kier alpha value is -1.94. The Kier molecular flexibility index (Phi) is 8.38. The monoisotopic (exact) mass is 508 g/mol. The van der Waals surface area contributed by atoms with Gasteiger partial charge in [0.1, 0.15) is 0 Å². The van der Waals surface area contributed by atoms with Crippen molar-refractivity contribution in [2.24, 2.45) is 34.5 Å². The van der Waals surface area contributed by atoms with Gasteiger partial charge in [0.05, 0.1) is 12.7 Å². The fourth-order valence-corrected chi connectivity index (χ4v) is 8.62. The van der Waals surface area contributed by atoms with Crippen molar-refractivity contribution in [1.29, 1.82) is 0 Å². The molecule has 4 nitrogen and oxygen atoms in total. The molecule has 0 radical (unpaired) electrons. The first kappa shape index (κ1) is 28.1. The summed E-state index contributed by atoms with van der Waals surface area (Å²) in [4.78, 5) is 21.9. The molecule has 204 valence electrons. The van der Waals surface area contributed by atoms with Crippen LogP contribution in [-0.2, 0) is 20.7 Å². The summed E-state index contributed by atoms with van der Waals surface area (Å²) in [6, 6.07) is 10.9. The smallest absolute Gasteiger partial charge is 0.302 e. The van der Waals surface area contributed by atoms with Gasteiger partial charge in [0.2, 0.25) is 0 Å². The minimum Gasteiger partial charge on any atom is -0.469 e. The highest BCUT2D eigenvalue weighted by molar-refractivity contribution is 5.91. The maximum absolute atomic E-state index is 12.4. The van der Waals surface area contributed by atoms with Gasteiger partial charge in [-0.1, -0.05) is 56.2 Å². The van der Waals surface area contributed by atoms with Gasteiger partial charge in [-0.2, -0.15) is 0 Å². The molecule has 0 amide bonds. The van der Waals surface area contributed by atoms with Crippen molar-refractivity contribution in [2.45, 2.75) is 104 Å². The number of ether oxygens (including phenoxy) is 1. The number of aryl methyl sites for hydroxylation is 1. The quantitative estimate of drug-likeness (QED) is 0.341. The van der Waals surface area contributed by atoms with Crippen LogP contribution < -0.4 is 0 Å². The van der Waals surface area contributed by atoms with E-state index in [1.807, 2.05) is 0 Å². The molecule has 5 rings (SSSR count). The van der Waals surface area contributed by atoms with Crippen LogP contribution in [0.4, 0.5) is 0 Å². The van der Waals surface area contributed by atoms with E-state index >= 15 is 0 Å². The van der Waals surface area contributed by atoms with Crippen molar-refractivity contribution < 1.29 is 19.4 Å². The number of esters is 1. The Morgan fingerprint density at radius 2 is 1.70 bits per heavy atom. The molecule has 0 saturated heterocycles. The van der Waals surface area contributed by atoms with E-state index in [1.165, 1.54) is 57.3 Å². The molecule has 0 spiro atoms. The van der Waals surface area contributed by atoms with E-state index in [0.717, 1.165) is 38.5 Å². The zero-order valence-corrected chi connectivity index (χ0v) is 23.7. The molecule has 0 aliphatic heterocycles. The number of carbonyl (C=O) groups excluding carboxylic acids is 2. The number of hydrogen-bond donors (Lipinski definition) is 1. The first-order valence-corrected chi connectivity index (χ1v) is 14.6. The molecule has 7 atom stereocenters. The molecule has 0 bridgehead atoms. The Morgan fingerprint density at radius 3 is 2.38 bits per heavy atom.